The maximum absolute atomic E-state index is 12.6. The highest BCUT2D eigenvalue weighted by molar-refractivity contribution is 5.92. The molecule has 6 heteroatoms. The Morgan fingerprint density at radius 2 is 1.84 bits per heavy atom. The Kier molecular flexibility index (Phi) is 7.82. The average Bonchev–Trinajstić information content (AvgIpc) is 3.19. The van der Waals surface area contributed by atoms with Crippen LogP contribution in [0.25, 0.3) is 17.1 Å². The van der Waals surface area contributed by atoms with Gasteiger partial charge in [-0.3, -0.25) is 4.79 Å². The Labute approximate surface area is 184 Å². The summed E-state index contributed by atoms with van der Waals surface area (Å²) >= 11 is 0. The highest BCUT2D eigenvalue weighted by atomic mass is 16.5. The third-order valence-electron chi connectivity index (χ3n) is 5.40. The first kappa shape index (κ1) is 22.5. The van der Waals surface area contributed by atoms with Crippen LogP contribution in [0.1, 0.15) is 52.0 Å². The number of nitrogens with zero attached hydrogens (tertiary/aromatic N) is 3. The van der Waals surface area contributed by atoms with Crippen molar-refractivity contribution in [2.24, 2.45) is 5.92 Å². The number of aryl methyl sites for hydroxylation is 1. The number of nitrogens with one attached hydrogen (secondary N) is 1. The lowest BCUT2D eigenvalue weighted by Gasteiger charge is -2.15. The van der Waals surface area contributed by atoms with E-state index in [1.807, 2.05) is 49.4 Å². The Hall–Kier alpha value is -3.15. The molecule has 3 aromatic rings. The van der Waals surface area contributed by atoms with Gasteiger partial charge in [-0.05, 0) is 56.5 Å². The number of aromatic nitrogens is 3. The number of anilines is 1. The second-order valence-electron chi connectivity index (χ2n) is 7.66. The summed E-state index contributed by atoms with van der Waals surface area (Å²) < 4.78 is 7.34. The maximum Gasteiger partial charge on any atom is 0.336 e. The summed E-state index contributed by atoms with van der Waals surface area (Å²) in [5.41, 5.74) is 3.75. The van der Waals surface area contributed by atoms with Crippen LogP contribution in [0.4, 0.5) is 5.69 Å². The van der Waals surface area contributed by atoms with E-state index in [2.05, 4.69) is 42.2 Å². The SMILES string of the molecule is CCCC[C@H](CC)C(=O)Nc1ccc(-n2nc(OCC)nc2-c2ccccc2C)cc1. The highest BCUT2D eigenvalue weighted by Gasteiger charge is 2.18. The molecule has 1 heterocycles. The molecular weight excluding hydrogens is 388 g/mol. The third-order valence-corrected chi connectivity index (χ3v) is 5.40. The number of rotatable bonds is 10. The van der Waals surface area contributed by atoms with Gasteiger partial charge >= 0.3 is 6.01 Å². The molecule has 0 aliphatic carbocycles. The van der Waals surface area contributed by atoms with E-state index in [4.69, 9.17) is 4.74 Å². The number of benzene rings is 2. The minimum atomic E-state index is 0.0522. The van der Waals surface area contributed by atoms with E-state index in [9.17, 15) is 4.79 Å². The Morgan fingerprint density at radius 1 is 1.10 bits per heavy atom. The van der Waals surface area contributed by atoms with Gasteiger partial charge in [-0.1, -0.05) is 51.0 Å². The number of carbonyl (C=O) groups excluding carboxylic acids is 1. The zero-order valence-corrected chi connectivity index (χ0v) is 18.9. The molecule has 0 aliphatic rings. The van der Waals surface area contributed by atoms with Gasteiger partial charge in [0.15, 0.2) is 5.82 Å². The molecule has 31 heavy (non-hydrogen) atoms. The fourth-order valence-electron chi connectivity index (χ4n) is 3.56. The van der Waals surface area contributed by atoms with E-state index in [1.54, 1.807) is 4.68 Å². The largest absolute Gasteiger partial charge is 0.463 e. The van der Waals surface area contributed by atoms with Crippen molar-refractivity contribution < 1.29 is 9.53 Å². The van der Waals surface area contributed by atoms with E-state index >= 15 is 0 Å². The number of hydrogen-bond acceptors (Lipinski definition) is 4. The lowest BCUT2D eigenvalue weighted by Crippen LogP contribution is -2.22. The molecule has 0 saturated heterocycles. The molecule has 1 atom stereocenters. The lowest BCUT2D eigenvalue weighted by atomic mass is 9.98. The van der Waals surface area contributed by atoms with Crippen LogP contribution in [-0.4, -0.2) is 27.3 Å². The van der Waals surface area contributed by atoms with E-state index in [0.717, 1.165) is 54.0 Å². The summed E-state index contributed by atoms with van der Waals surface area (Å²) in [5, 5.41) is 7.60. The summed E-state index contributed by atoms with van der Waals surface area (Å²) in [6, 6.07) is 16.1. The van der Waals surface area contributed by atoms with E-state index in [1.165, 1.54) is 0 Å². The molecule has 164 valence electrons. The molecule has 3 rings (SSSR count). The molecule has 0 radical (unpaired) electrons. The van der Waals surface area contributed by atoms with Crippen LogP contribution in [0.15, 0.2) is 48.5 Å². The van der Waals surface area contributed by atoms with Crippen molar-refractivity contribution in [2.45, 2.75) is 53.4 Å². The minimum Gasteiger partial charge on any atom is -0.463 e. The summed E-state index contributed by atoms with van der Waals surface area (Å²) in [7, 11) is 0. The molecule has 0 saturated carbocycles. The molecule has 0 spiro atoms. The van der Waals surface area contributed by atoms with Gasteiger partial charge in [-0.15, -0.1) is 5.10 Å². The predicted octanol–water partition coefficient (Wildman–Crippen LogP) is 5.80. The van der Waals surface area contributed by atoms with Crippen molar-refractivity contribution in [2.75, 3.05) is 11.9 Å². The third kappa shape index (κ3) is 5.51. The fraction of sp³-hybridized carbons (Fsp3) is 0.400. The van der Waals surface area contributed by atoms with E-state index in [0.29, 0.717) is 12.6 Å². The van der Waals surface area contributed by atoms with Gasteiger partial charge in [-0.25, -0.2) is 4.68 Å². The van der Waals surface area contributed by atoms with Gasteiger partial charge < -0.3 is 10.1 Å². The van der Waals surface area contributed by atoms with Crippen molar-refractivity contribution in [1.82, 2.24) is 14.8 Å². The smallest absolute Gasteiger partial charge is 0.336 e. The maximum atomic E-state index is 12.6. The molecular formula is C25H32N4O2. The quantitative estimate of drug-likeness (QED) is 0.450. The molecule has 1 N–H and O–H groups in total. The molecule has 1 aromatic heterocycles. The number of hydrogen-bond donors (Lipinski definition) is 1. The standard InChI is InChI=1S/C25H32N4O2/c1-5-8-12-19(6-2)24(30)26-20-14-16-21(17-15-20)29-23(27-25(28-29)31-7-3)22-13-10-9-11-18(22)4/h9-11,13-17,19H,5-8,12H2,1-4H3,(H,26,30)/t19-/m0/s1. The van der Waals surface area contributed by atoms with Crippen LogP contribution >= 0.6 is 0 Å². The van der Waals surface area contributed by atoms with Gasteiger partial charge in [0.25, 0.3) is 0 Å². The molecule has 0 bridgehead atoms. The molecule has 6 nitrogen and oxygen atoms in total. The van der Waals surface area contributed by atoms with E-state index < -0.39 is 0 Å². The van der Waals surface area contributed by atoms with Gasteiger partial charge in [0, 0.05) is 17.2 Å². The summed E-state index contributed by atoms with van der Waals surface area (Å²) in [5.74, 6) is 0.865. The minimum absolute atomic E-state index is 0.0522. The Morgan fingerprint density at radius 3 is 2.48 bits per heavy atom. The van der Waals surface area contributed by atoms with Crippen LogP contribution in [0, 0.1) is 12.8 Å². The first-order valence-electron chi connectivity index (χ1n) is 11.1. The number of unbranched alkanes of at least 4 members (excludes halogenated alkanes) is 1. The van der Waals surface area contributed by atoms with Gasteiger partial charge in [0.05, 0.1) is 12.3 Å². The van der Waals surface area contributed by atoms with Crippen LogP contribution in [0.3, 0.4) is 0 Å². The first-order valence-corrected chi connectivity index (χ1v) is 11.1. The monoisotopic (exact) mass is 420 g/mol. The van der Waals surface area contributed by atoms with Crippen molar-refractivity contribution in [1.29, 1.82) is 0 Å². The van der Waals surface area contributed by atoms with Gasteiger partial charge in [0.1, 0.15) is 0 Å². The van der Waals surface area contributed by atoms with Crippen LogP contribution in [-0.2, 0) is 4.79 Å². The first-order chi connectivity index (χ1) is 15.1. The van der Waals surface area contributed by atoms with Crippen molar-refractivity contribution in [3.8, 4) is 23.1 Å². The van der Waals surface area contributed by atoms with Crippen LogP contribution in [0.5, 0.6) is 6.01 Å². The summed E-state index contributed by atoms with van der Waals surface area (Å²) in [4.78, 5) is 17.2. The van der Waals surface area contributed by atoms with Crippen LogP contribution < -0.4 is 10.1 Å². The van der Waals surface area contributed by atoms with Crippen molar-refractivity contribution >= 4 is 11.6 Å². The molecule has 0 fully saturated rings. The number of amides is 1. The lowest BCUT2D eigenvalue weighted by molar-refractivity contribution is -0.120. The summed E-state index contributed by atoms with van der Waals surface area (Å²) in [6.07, 6.45) is 3.95. The second kappa shape index (κ2) is 10.8. The Bertz CT molecular complexity index is 995. The summed E-state index contributed by atoms with van der Waals surface area (Å²) in [6.45, 7) is 8.68. The van der Waals surface area contributed by atoms with Crippen molar-refractivity contribution in [3.05, 3.63) is 54.1 Å². The zero-order valence-electron chi connectivity index (χ0n) is 18.9. The van der Waals surface area contributed by atoms with Gasteiger partial charge in [-0.2, -0.15) is 4.98 Å². The van der Waals surface area contributed by atoms with E-state index in [-0.39, 0.29) is 11.8 Å². The average molecular weight is 421 g/mol. The van der Waals surface area contributed by atoms with Crippen molar-refractivity contribution in [3.63, 3.8) is 0 Å². The number of ether oxygens (including phenoxy) is 1. The normalized spacial score (nSPS) is 11.9. The van der Waals surface area contributed by atoms with Gasteiger partial charge in [0.2, 0.25) is 5.91 Å². The molecule has 2 aromatic carbocycles. The zero-order chi connectivity index (χ0) is 22.2. The molecule has 1 amide bonds. The predicted molar refractivity (Wildman–Crippen MR) is 125 cm³/mol. The van der Waals surface area contributed by atoms with Crippen LogP contribution in [0.2, 0.25) is 0 Å². The molecule has 0 unspecified atom stereocenters. The Balaban J connectivity index is 1.85. The second-order valence-corrected chi connectivity index (χ2v) is 7.66. The topological polar surface area (TPSA) is 69.0 Å². The highest BCUT2D eigenvalue weighted by Crippen LogP contribution is 2.27. The number of carbonyl (C=O) groups is 1. The molecule has 0 aliphatic heterocycles. The fourth-order valence-corrected chi connectivity index (χ4v) is 3.56.